The Labute approximate surface area is 115 Å². The molecule has 0 radical (unpaired) electrons. The fourth-order valence-electron chi connectivity index (χ4n) is 2.81. The van der Waals surface area contributed by atoms with Crippen molar-refractivity contribution in [3.63, 3.8) is 0 Å². The molecule has 0 atom stereocenters. The van der Waals surface area contributed by atoms with Gasteiger partial charge in [0.2, 0.25) is 0 Å². The van der Waals surface area contributed by atoms with Crippen LogP contribution >= 0.6 is 0 Å². The summed E-state index contributed by atoms with van der Waals surface area (Å²) in [7, 11) is 0. The van der Waals surface area contributed by atoms with Crippen LogP contribution in [0, 0.1) is 13.8 Å². The average Bonchev–Trinajstić information content (AvgIpc) is 2.59. The van der Waals surface area contributed by atoms with E-state index in [1.54, 1.807) is 0 Å². The predicted octanol–water partition coefficient (Wildman–Crippen LogP) is 4.26. The van der Waals surface area contributed by atoms with Crippen molar-refractivity contribution < 1.29 is 0 Å². The highest BCUT2D eigenvalue weighted by molar-refractivity contribution is 5.77. The maximum Gasteiger partial charge on any atom is 0.0646 e. The van der Waals surface area contributed by atoms with Crippen molar-refractivity contribution in [3.8, 4) is 0 Å². The second-order valence-corrected chi connectivity index (χ2v) is 5.30. The summed E-state index contributed by atoms with van der Waals surface area (Å²) in [5.41, 5.74) is 6.46. The van der Waals surface area contributed by atoms with E-state index in [0.717, 1.165) is 19.5 Å². The fraction of sp³-hybridized carbons (Fsp3) is 0.294. The Bertz CT molecular complexity index is 569. The molecule has 0 unspecified atom stereocenters. The molecule has 0 aliphatic carbocycles. The molecule has 0 spiro atoms. The van der Waals surface area contributed by atoms with Gasteiger partial charge in [-0.15, -0.1) is 0 Å². The summed E-state index contributed by atoms with van der Waals surface area (Å²) in [6, 6.07) is 15.3. The van der Waals surface area contributed by atoms with Gasteiger partial charge in [0.25, 0.3) is 0 Å². The van der Waals surface area contributed by atoms with Crippen LogP contribution in [-0.4, -0.2) is 13.1 Å². The van der Waals surface area contributed by atoms with E-state index >= 15 is 0 Å². The number of hydrogen-bond acceptors (Lipinski definition) is 2. The molecule has 0 saturated carbocycles. The third-order valence-electron chi connectivity index (χ3n) is 3.59. The van der Waals surface area contributed by atoms with Crippen LogP contribution in [0.4, 0.5) is 17.1 Å². The molecule has 2 aromatic carbocycles. The molecule has 1 heterocycles. The molecule has 0 saturated heterocycles. The van der Waals surface area contributed by atoms with Crippen LogP contribution in [-0.2, 0) is 0 Å². The van der Waals surface area contributed by atoms with Gasteiger partial charge in [0.1, 0.15) is 0 Å². The summed E-state index contributed by atoms with van der Waals surface area (Å²) in [5, 5.41) is 3.51. The van der Waals surface area contributed by atoms with Crippen molar-refractivity contribution in [3.05, 3.63) is 53.6 Å². The molecule has 2 nitrogen and oxygen atoms in total. The highest BCUT2D eigenvalue weighted by atomic mass is 15.2. The maximum absolute atomic E-state index is 3.51. The smallest absolute Gasteiger partial charge is 0.0646 e. The van der Waals surface area contributed by atoms with Crippen LogP contribution in [0.25, 0.3) is 0 Å². The van der Waals surface area contributed by atoms with Gasteiger partial charge in [-0.25, -0.2) is 0 Å². The minimum atomic E-state index is 1.04. The third-order valence-corrected chi connectivity index (χ3v) is 3.59. The number of hydrogen-bond donors (Lipinski definition) is 1. The Hall–Kier alpha value is -1.96. The topological polar surface area (TPSA) is 15.3 Å². The lowest BCUT2D eigenvalue weighted by Gasteiger charge is -2.25. The van der Waals surface area contributed by atoms with E-state index in [9.17, 15) is 0 Å². The number of rotatable bonds is 1. The molecule has 98 valence electrons. The standard InChI is InChI=1S/C17H20N2/c1-13-10-14(2)12-15(11-13)19-9-5-8-18-16-6-3-4-7-17(16)19/h3-4,6-7,10-12,18H,5,8-9H2,1-2H3. The predicted molar refractivity (Wildman–Crippen MR) is 82.5 cm³/mol. The molecule has 1 aliphatic rings. The van der Waals surface area contributed by atoms with Gasteiger partial charge in [0, 0.05) is 18.8 Å². The summed E-state index contributed by atoms with van der Waals surface area (Å²) >= 11 is 0. The van der Waals surface area contributed by atoms with Gasteiger partial charge in [-0.05, 0) is 55.7 Å². The first kappa shape index (κ1) is 12.1. The first-order valence-corrected chi connectivity index (χ1v) is 6.93. The Morgan fingerprint density at radius 2 is 1.74 bits per heavy atom. The van der Waals surface area contributed by atoms with Gasteiger partial charge in [-0.1, -0.05) is 18.2 Å². The van der Waals surface area contributed by atoms with Crippen molar-refractivity contribution in [1.29, 1.82) is 0 Å². The third kappa shape index (κ3) is 2.43. The second kappa shape index (κ2) is 4.96. The number of anilines is 3. The zero-order valence-corrected chi connectivity index (χ0v) is 11.6. The largest absolute Gasteiger partial charge is 0.383 e. The average molecular weight is 252 g/mol. The van der Waals surface area contributed by atoms with Crippen LogP contribution < -0.4 is 10.2 Å². The summed E-state index contributed by atoms with van der Waals surface area (Å²) < 4.78 is 0. The minimum absolute atomic E-state index is 1.04. The lowest BCUT2D eigenvalue weighted by Crippen LogP contribution is -2.17. The molecule has 2 heteroatoms. The number of benzene rings is 2. The Kier molecular flexibility index (Phi) is 3.16. The quantitative estimate of drug-likeness (QED) is 0.816. The number of nitrogens with zero attached hydrogens (tertiary/aromatic N) is 1. The lowest BCUT2D eigenvalue weighted by atomic mass is 10.1. The Morgan fingerprint density at radius 3 is 2.53 bits per heavy atom. The molecule has 1 N–H and O–H groups in total. The van der Waals surface area contributed by atoms with Crippen LogP contribution in [0.3, 0.4) is 0 Å². The molecule has 1 aliphatic heterocycles. The summed E-state index contributed by atoms with van der Waals surface area (Å²) in [5.74, 6) is 0. The van der Waals surface area contributed by atoms with Gasteiger partial charge in [0.15, 0.2) is 0 Å². The molecule has 2 aromatic rings. The summed E-state index contributed by atoms with van der Waals surface area (Å²) in [4.78, 5) is 2.43. The zero-order valence-electron chi connectivity index (χ0n) is 11.6. The monoisotopic (exact) mass is 252 g/mol. The molecule has 0 aromatic heterocycles. The van der Waals surface area contributed by atoms with Gasteiger partial charge in [0.05, 0.1) is 11.4 Å². The van der Waals surface area contributed by atoms with Crippen LogP contribution in [0.1, 0.15) is 17.5 Å². The zero-order chi connectivity index (χ0) is 13.2. The first-order chi connectivity index (χ1) is 9.24. The van der Waals surface area contributed by atoms with Crippen molar-refractivity contribution in [2.75, 3.05) is 23.3 Å². The lowest BCUT2D eigenvalue weighted by molar-refractivity contribution is 0.863. The van der Waals surface area contributed by atoms with Crippen LogP contribution in [0.2, 0.25) is 0 Å². The van der Waals surface area contributed by atoms with Gasteiger partial charge >= 0.3 is 0 Å². The molecular formula is C17H20N2. The van der Waals surface area contributed by atoms with E-state index in [4.69, 9.17) is 0 Å². The summed E-state index contributed by atoms with van der Waals surface area (Å²) in [6.45, 7) is 6.43. The molecular weight excluding hydrogens is 232 g/mol. The Morgan fingerprint density at radius 1 is 1.00 bits per heavy atom. The van der Waals surface area contributed by atoms with Gasteiger partial charge in [-0.3, -0.25) is 0 Å². The number of nitrogens with one attached hydrogen (secondary N) is 1. The van der Waals surface area contributed by atoms with Crippen LogP contribution in [0.15, 0.2) is 42.5 Å². The van der Waals surface area contributed by atoms with Gasteiger partial charge in [-0.2, -0.15) is 0 Å². The van der Waals surface area contributed by atoms with E-state index < -0.39 is 0 Å². The van der Waals surface area contributed by atoms with Gasteiger partial charge < -0.3 is 10.2 Å². The van der Waals surface area contributed by atoms with Crippen molar-refractivity contribution in [2.24, 2.45) is 0 Å². The number of aryl methyl sites for hydroxylation is 2. The van der Waals surface area contributed by atoms with Crippen molar-refractivity contribution in [1.82, 2.24) is 0 Å². The molecule has 19 heavy (non-hydrogen) atoms. The SMILES string of the molecule is Cc1cc(C)cc(N2CCCNc3ccccc32)c1. The maximum atomic E-state index is 3.51. The number of fused-ring (bicyclic) bond motifs is 1. The van der Waals surface area contributed by atoms with Crippen molar-refractivity contribution in [2.45, 2.75) is 20.3 Å². The first-order valence-electron chi connectivity index (χ1n) is 6.93. The highest BCUT2D eigenvalue weighted by Crippen LogP contribution is 2.34. The van der Waals surface area contributed by atoms with E-state index in [1.807, 2.05) is 0 Å². The van der Waals surface area contributed by atoms with E-state index in [0.29, 0.717) is 0 Å². The van der Waals surface area contributed by atoms with E-state index in [1.165, 1.54) is 28.2 Å². The molecule has 0 bridgehead atoms. The number of para-hydroxylation sites is 2. The normalized spacial score (nSPS) is 14.5. The second-order valence-electron chi connectivity index (χ2n) is 5.30. The Balaban J connectivity index is 2.09. The molecule has 0 amide bonds. The van der Waals surface area contributed by atoms with Crippen molar-refractivity contribution >= 4 is 17.1 Å². The summed E-state index contributed by atoms with van der Waals surface area (Å²) in [6.07, 6.45) is 1.15. The molecule has 0 fully saturated rings. The highest BCUT2D eigenvalue weighted by Gasteiger charge is 2.16. The van der Waals surface area contributed by atoms with E-state index in [-0.39, 0.29) is 0 Å². The van der Waals surface area contributed by atoms with E-state index in [2.05, 4.69) is 66.5 Å². The fourth-order valence-corrected chi connectivity index (χ4v) is 2.81. The van der Waals surface area contributed by atoms with Crippen LogP contribution in [0.5, 0.6) is 0 Å². The minimum Gasteiger partial charge on any atom is -0.383 e. The molecule has 3 rings (SSSR count).